The molecule has 43 heavy (non-hydrogen) atoms. The summed E-state index contributed by atoms with van der Waals surface area (Å²) in [5, 5.41) is 11.4. The lowest BCUT2D eigenvalue weighted by Gasteiger charge is -2.39. The molecule has 0 saturated carbocycles. The number of carbonyl (C=O) groups is 2. The minimum absolute atomic E-state index is 0.119. The quantitative estimate of drug-likeness (QED) is 0.175. The summed E-state index contributed by atoms with van der Waals surface area (Å²) >= 11 is 5.18. The largest absolute Gasteiger partial charge is 0.496 e. The summed E-state index contributed by atoms with van der Waals surface area (Å²) in [7, 11) is 1.48. The average molecular weight is 604 g/mol. The molecule has 0 bridgehead atoms. The summed E-state index contributed by atoms with van der Waals surface area (Å²) < 4.78 is 20.3. The second-order valence-electron chi connectivity index (χ2n) is 10.5. The molecule has 12 heteroatoms. The normalized spacial score (nSPS) is 16.9. The van der Waals surface area contributed by atoms with Crippen LogP contribution in [0.3, 0.4) is 0 Å². The van der Waals surface area contributed by atoms with Crippen molar-refractivity contribution in [2.75, 3.05) is 13.7 Å². The SMILES string of the molecule is CCC(=S)NNC(=O)[C@@H]1CC[C@@H](NC(=O)c2ccc3[nH]nc(-c4ccnc(C)c4)c3c2)CN1Cc1c(F)cccc1OC. The van der Waals surface area contributed by atoms with Crippen LogP contribution in [-0.2, 0) is 11.3 Å². The molecule has 2 amide bonds. The van der Waals surface area contributed by atoms with Crippen LogP contribution in [0.15, 0.2) is 54.7 Å². The Morgan fingerprint density at radius 2 is 2.00 bits per heavy atom. The van der Waals surface area contributed by atoms with Crippen molar-refractivity contribution in [3.63, 3.8) is 0 Å². The zero-order valence-corrected chi connectivity index (χ0v) is 25.1. The Labute approximate surface area is 254 Å². The summed E-state index contributed by atoms with van der Waals surface area (Å²) in [6, 6.07) is 13.0. The number of methoxy groups -OCH3 is 1. The van der Waals surface area contributed by atoms with Crippen molar-refractivity contribution in [1.82, 2.24) is 36.2 Å². The summed E-state index contributed by atoms with van der Waals surface area (Å²) in [6.45, 7) is 4.25. The molecule has 1 aliphatic rings. The van der Waals surface area contributed by atoms with Crippen LogP contribution in [0.5, 0.6) is 5.75 Å². The molecular weight excluding hydrogens is 569 g/mol. The van der Waals surface area contributed by atoms with Crippen LogP contribution in [0.25, 0.3) is 22.2 Å². The van der Waals surface area contributed by atoms with E-state index in [0.29, 0.717) is 47.7 Å². The van der Waals surface area contributed by atoms with Crippen molar-refractivity contribution in [3.05, 3.63) is 77.4 Å². The number of halogens is 1. The number of aromatic amines is 1. The van der Waals surface area contributed by atoms with E-state index in [9.17, 15) is 14.0 Å². The third kappa shape index (κ3) is 6.81. The number of piperidine rings is 1. The molecule has 224 valence electrons. The molecule has 1 saturated heterocycles. The number of carbonyl (C=O) groups excluding carboxylic acids is 2. The predicted octanol–water partition coefficient (Wildman–Crippen LogP) is 4.20. The number of aryl methyl sites for hydroxylation is 1. The summed E-state index contributed by atoms with van der Waals surface area (Å²) in [5.41, 5.74) is 9.61. The van der Waals surface area contributed by atoms with Crippen LogP contribution >= 0.6 is 12.2 Å². The predicted molar refractivity (Wildman–Crippen MR) is 166 cm³/mol. The number of H-pyrrole nitrogens is 1. The summed E-state index contributed by atoms with van der Waals surface area (Å²) in [6.07, 6.45) is 3.32. The third-order valence-corrected chi connectivity index (χ3v) is 8.01. The zero-order chi connectivity index (χ0) is 30.5. The van der Waals surface area contributed by atoms with Crippen molar-refractivity contribution in [1.29, 1.82) is 0 Å². The molecule has 4 N–H and O–H groups in total. The Balaban J connectivity index is 1.35. The van der Waals surface area contributed by atoms with E-state index in [2.05, 4.69) is 31.3 Å². The van der Waals surface area contributed by atoms with Crippen LogP contribution in [0.1, 0.15) is 47.8 Å². The molecule has 10 nitrogen and oxygen atoms in total. The molecule has 0 aliphatic carbocycles. The molecule has 1 fully saturated rings. The van der Waals surface area contributed by atoms with Gasteiger partial charge in [0.25, 0.3) is 11.8 Å². The number of hydrogen-bond donors (Lipinski definition) is 4. The first-order chi connectivity index (χ1) is 20.8. The second-order valence-corrected chi connectivity index (χ2v) is 11.0. The molecule has 5 rings (SSSR count). The Morgan fingerprint density at radius 3 is 2.77 bits per heavy atom. The van der Waals surface area contributed by atoms with Gasteiger partial charge in [-0.1, -0.05) is 25.2 Å². The van der Waals surface area contributed by atoms with Gasteiger partial charge >= 0.3 is 0 Å². The fourth-order valence-electron chi connectivity index (χ4n) is 5.36. The van der Waals surface area contributed by atoms with Crippen molar-refractivity contribution in [3.8, 4) is 17.0 Å². The second kappa shape index (κ2) is 13.3. The zero-order valence-electron chi connectivity index (χ0n) is 24.2. The van der Waals surface area contributed by atoms with Crippen LogP contribution in [0.4, 0.5) is 4.39 Å². The Bertz CT molecular complexity index is 1660. The molecule has 2 aromatic heterocycles. The number of amides is 2. The molecule has 2 aromatic carbocycles. The van der Waals surface area contributed by atoms with Gasteiger partial charge in [0.15, 0.2) is 0 Å². The van der Waals surface area contributed by atoms with Gasteiger partial charge in [-0.3, -0.25) is 35.4 Å². The number of thiocarbonyl (C=S) groups is 1. The monoisotopic (exact) mass is 603 g/mol. The van der Waals surface area contributed by atoms with Gasteiger partial charge in [0.1, 0.15) is 17.3 Å². The number of ether oxygens (including phenoxy) is 1. The van der Waals surface area contributed by atoms with Crippen LogP contribution in [0, 0.1) is 12.7 Å². The topological polar surface area (TPSA) is 124 Å². The highest BCUT2D eigenvalue weighted by molar-refractivity contribution is 7.80. The maximum absolute atomic E-state index is 14.9. The van der Waals surface area contributed by atoms with E-state index in [1.54, 1.807) is 24.4 Å². The van der Waals surface area contributed by atoms with Crippen molar-refractivity contribution in [2.24, 2.45) is 0 Å². The highest BCUT2D eigenvalue weighted by Gasteiger charge is 2.35. The van der Waals surface area contributed by atoms with Gasteiger partial charge < -0.3 is 10.1 Å². The van der Waals surface area contributed by atoms with Crippen LogP contribution < -0.4 is 20.9 Å². The highest BCUT2D eigenvalue weighted by Crippen LogP contribution is 2.29. The maximum atomic E-state index is 14.9. The Kier molecular flexibility index (Phi) is 9.27. The lowest BCUT2D eigenvalue weighted by atomic mass is 9.96. The number of hydrazine groups is 1. The number of pyridine rings is 1. The van der Waals surface area contributed by atoms with E-state index < -0.39 is 11.9 Å². The van der Waals surface area contributed by atoms with Gasteiger partial charge in [-0.25, -0.2) is 4.39 Å². The summed E-state index contributed by atoms with van der Waals surface area (Å²) in [5.74, 6) is -0.556. The average Bonchev–Trinajstić information content (AvgIpc) is 3.44. The molecule has 2 atom stereocenters. The maximum Gasteiger partial charge on any atom is 0.255 e. The molecule has 0 spiro atoms. The van der Waals surface area contributed by atoms with E-state index in [1.165, 1.54) is 13.2 Å². The Morgan fingerprint density at radius 1 is 1.16 bits per heavy atom. The lowest BCUT2D eigenvalue weighted by Crippen LogP contribution is -2.58. The minimum Gasteiger partial charge on any atom is -0.496 e. The number of benzene rings is 2. The minimum atomic E-state index is -0.571. The lowest BCUT2D eigenvalue weighted by molar-refractivity contribution is -0.128. The number of fused-ring (bicyclic) bond motifs is 1. The van der Waals surface area contributed by atoms with E-state index in [0.717, 1.165) is 27.9 Å². The highest BCUT2D eigenvalue weighted by atomic mass is 32.1. The first-order valence-electron chi connectivity index (χ1n) is 14.1. The van der Waals surface area contributed by atoms with Crippen molar-refractivity contribution >= 4 is 39.9 Å². The fourth-order valence-corrected chi connectivity index (χ4v) is 5.41. The Hall–Kier alpha value is -4.42. The van der Waals surface area contributed by atoms with Gasteiger partial charge in [-0.05, 0) is 68.7 Å². The van der Waals surface area contributed by atoms with Crippen LogP contribution in [-0.4, -0.2) is 62.6 Å². The first kappa shape index (κ1) is 30.1. The smallest absolute Gasteiger partial charge is 0.255 e. The molecule has 0 unspecified atom stereocenters. The molecule has 1 aliphatic heterocycles. The molecule has 3 heterocycles. The number of likely N-dealkylation sites (tertiary alicyclic amines) is 1. The van der Waals surface area contributed by atoms with Gasteiger partial charge in [-0.2, -0.15) is 5.10 Å². The number of rotatable bonds is 8. The van der Waals surface area contributed by atoms with Gasteiger partial charge in [0.05, 0.1) is 23.7 Å². The first-order valence-corrected chi connectivity index (χ1v) is 14.5. The van der Waals surface area contributed by atoms with Crippen molar-refractivity contribution < 1.29 is 18.7 Å². The van der Waals surface area contributed by atoms with Gasteiger partial charge in [-0.15, -0.1) is 0 Å². The van der Waals surface area contributed by atoms with E-state index in [1.807, 2.05) is 43.0 Å². The van der Waals surface area contributed by atoms with Crippen LogP contribution in [0.2, 0.25) is 0 Å². The molecular formula is C31H34FN7O3S. The van der Waals surface area contributed by atoms with Gasteiger partial charge in [0, 0.05) is 53.1 Å². The number of aromatic nitrogens is 3. The van der Waals surface area contributed by atoms with Crippen molar-refractivity contribution in [2.45, 2.75) is 51.7 Å². The van der Waals surface area contributed by atoms with E-state index in [-0.39, 0.29) is 24.4 Å². The van der Waals surface area contributed by atoms with E-state index >= 15 is 0 Å². The molecule has 0 radical (unpaired) electrons. The standard InChI is InChI=1S/C31H34FN7O3S/c1-4-28(43)36-38-31(41)26-11-9-21(16-39(26)17-23-24(32)6-5-7-27(23)42-3)34-30(40)20-8-10-25-22(15-20)29(37-35-25)19-12-13-33-18(2)14-19/h5-8,10,12-15,21,26H,4,9,11,16-17H2,1-3H3,(H,34,40)(H,35,37)(H,36,43)(H,38,41)/t21-,26+/m1/s1. The van der Waals surface area contributed by atoms with Gasteiger partial charge in [0.2, 0.25) is 0 Å². The van der Waals surface area contributed by atoms with E-state index in [4.69, 9.17) is 17.0 Å². The third-order valence-electron chi connectivity index (χ3n) is 7.62. The number of hydrogen-bond acceptors (Lipinski definition) is 7. The molecule has 4 aromatic rings. The number of nitrogens with zero attached hydrogens (tertiary/aromatic N) is 3. The summed E-state index contributed by atoms with van der Waals surface area (Å²) in [4.78, 5) is 33.3. The number of nitrogens with one attached hydrogen (secondary N) is 4. The fraction of sp³-hybridized carbons (Fsp3) is 0.323.